The summed E-state index contributed by atoms with van der Waals surface area (Å²) >= 11 is 14.6. The smallest absolute Gasteiger partial charge is 0.129 e. The minimum atomic E-state index is -0.462. The average Bonchev–Trinajstić information content (AvgIpc) is 2.57. The van der Waals surface area contributed by atoms with Gasteiger partial charge < -0.3 is 0 Å². The maximum atomic E-state index is 13.8. The summed E-state index contributed by atoms with van der Waals surface area (Å²) in [5.74, 6) is -0.294. The minimum absolute atomic E-state index is 0.294. The minimum Gasteiger partial charge on any atom is -0.207 e. The van der Waals surface area contributed by atoms with E-state index >= 15 is 0 Å². The van der Waals surface area contributed by atoms with Crippen molar-refractivity contribution in [3.8, 4) is 0 Å². The lowest BCUT2D eigenvalue weighted by molar-refractivity contribution is 0.612. The van der Waals surface area contributed by atoms with Crippen LogP contribution < -0.4 is 0 Å². The van der Waals surface area contributed by atoms with Crippen molar-refractivity contribution in [2.24, 2.45) is 0 Å². The highest BCUT2D eigenvalue weighted by atomic mass is 79.9. The summed E-state index contributed by atoms with van der Waals surface area (Å²) in [6, 6.07) is 6.92. The van der Waals surface area contributed by atoms with Crippen molar-refractivity contribution in [2.75, 3.05) is 0 Å². The zero-order valence-corrected chi connectivity index (χ0v) is 13.6. The molecule has 0 spiro atoms. The summed E-state index contributed by atoms with van der Waals surface area (Å²) in [4.78, 5) is 2.08. The summed E-state index contributed by atoms with van der Waals surface area (Å²) in [6.07, 6.45) is 0. The van der Waals surface area contributed by atoms with Crippen molar-refractivity contribution in [1.29, 1.82) is 0 Å². The van der Waals surface area contributed by atoms with Crippen LogP contribution in [0.15, 0.2) is 33.2 Å². The molecule has 0 saturated carbocycles. The molecule has 1 aromatic heterocycles. The van der Waals surface area contributed by atoms with E-state index in [0.717, 1.165) is 14.2 Å². The summed E-state index contributed by atoms with van der Waals surface area (Å²) in [7, 11) is 0. The topological polar surface area (TPSA) is 0 Å². The molecule has 0 saturated heterocycles. The Hall–Kier alpha value is 0.1000. The molecule has 0 aliphatic heterocycles. The van der Waals surface area contributed by atoms with Crippen LogP contribution in [0, 0.1) is 12.7 Å². The number of rotatable bonds is 2. The molecule has 2 aromatic rings. The van der Waals surface area contributed by atoms with Crippen LogP contribution in [0.2, 0.25) is 0 Å². The molecule has 0 bridgehead atoms. The fraction of sp³-hybridized carbons (Fsp3) is 0.167. The van der Waals surface area contributed by atoms with Gasteiger partial charge in [0.25, 0.3) is 0 Å². The van der Waals surface area contributed by atoms with Gasteiger partial charge in [-0.2, -0.15) is 0 Å². The average molecular weight is 399 g/mol. The van der Waals surface area contributed by atoms with Gasteiger partial charge in [0.15, 0.2) is 0 Å². The van der Waals surface area contributed by atoms with E-state index in [4.69, 9.17) is 11.6 Å². The highest BCUT2D eigenvalue weighted by molar-refractivity contribution is 9.10. The second-order valence-electron chi connectivity index (χ2n) is 3.60. The van der Waals surface area contributed by atoms with Gasteiger partial charge in [0.1, 0.15) is 5.82 Å². The van der Waals surface area contributed by atoms with Gasteiger partial charge in [-0.1, -0.05) is 22.0 Å². The Bertz CT molecular complexity index is 553. The molecule has 0 amide bonds. The molecule has 17 heavy (non-hydrogen) atoms. The fourth-order valence-electron chi connectivity index (χ4n) is 1.52. The van der Waals surface area contributed by atoms with E-state index < -0.39 is 5.38 Å². The number of alkyl halides is 1. The first-order valence-electron chi connectivity index (χ1n) is 4.84. The van der Waals surface area contributed by atoms with Crippen LogP contribution in [0.3, 0.4) is 0 Å². The second-order valence-corrected chi connectivity index (χ2v) is 7.09. The zero-order chi connectivity index (χ0) is 12.6. The Morgan fingerprint density at radius 1 is 1.29 bits per heavy atom. The third-order valence-electron chi connectivity index (χ3n) is 2.30. The molecule has 90 valence electrons. The van der Waals surface area contributed by atoms with E-state index in [0.29, 0.717) is 10.0 Å². The molecule has 0 N–H and O–H groups in total. The van der Waals surface area contributed by atoms with Gasteiger partial charge in [-0.15, -0.1) is 22.9 Å². The van der Waals surface area contributed by atoms with Crippen LogP contribution in [0.25, 0.3) is 0 Å². The van der Waals surface area contributed by atoms with E-state index in [9.17, 15) is 4.39 Å². The maximum Gasteiger partial charge on any atom is 0.129 e. The molecule has 1 aromatic carbocycles. The lowest BCUT2D eigenvalue weighted by Gasteiger charge is -2.10. The Balaban J connectivity index is 2.43. The van der Waals surface area contributed by atoms with Crippen LogP contribution in [0.1, 0.15) is 20.7 Å². The van der Waals surface area contributed by atoms with Crippen LogP contribution in [0.4, 0.5) is 4.39 Å². The van der Waals surface area contributed by atoms with Crippen LogP contribution in [-0.2, 0) is 0 Å². The van der Waals surface area contributed by atoms with Crippen molar-refractivity contribution in [3.05, 3.63) is 54.3 Å². The van der Waals surface area contributed by atoms with E-state index in [1.807, 2.05) is 13.0 Å². The van der Waals surface area contributed by atoms with Gasteiger partial charge >= 0.3 is 0 Å². The van der Waals surface area contributed by atoms with E-state index in [-0.39, 0.29) is 5.82 Å². The summed E-state index contributed by atoms with van der Waals surface area (Å²) in [5, 5.41) is -0.462. The number of thiophene rings is 1. The lowest BCUT2D eigenvalue weighted by atomic mass is 10.1. The predicted octanol–water partition coefficient (Wildman–Crippen LogP) is 6.05. The van der Waals surface area contributed by atoms with Gasteiger partial charge in [0.2, 0.25) is 0 Å². The van der Waals surface area contributed by atoms with Gasteiger partial charge in [0, 0.05) is 24.3 Å². The molecule has 0 nitrogen and oxygen atoms in total. The number of hydrogen-bond acceptors (Lipinski definition) is 1. The number of hydrogen-bond donors (Lipinski definition) is 0. The summed E-state index contributed by atoms with van der Waals surface area (Å²) in [6.45, 7) is 2.00. The molecular weight excluding hydrogens is 390 g/mol. The molecule has 0 radical (unpaired) electrons. The maximum absolute atomic E-state index is 13.8. The van der Waals surface area contributed by atoms with Gasteiger partial charge in [-0.3, -0.25) is 0 Å². The molecule has 1 atom stereocenters. The Morgan fingerprint density at radius 3 is 2.53 bits per heavy atom. The molecule has 0 aliphatic carbocycles. The van der Waals surface area contributed by atoms with Gasteiger partial charge in [0.05, 0.1) is 5.38 Å². The van der Waals surface area contributed by atoms with Crippen LogP contribution >= 0.6 is 54.8 Å². The normalized spacial score (nSPS) is 12.8. The van der Waals surface area contributed by atoms with Gasteiger partial charge in [-0.25, -0.2) is 4.39 Å². The molecule has 1 heterocycles. The first-order valence-corrected chi connectivity index (χ1v) is 7.68. The molecule has 0 fully saturated rings. The summed E-state index contributed by atoms with van der Waals surface area (Å²) in [5.41, 5.74) is 0.498. The largest absolute Gasteiger partial charge is 0.207 e. The fourth-order valence-corrected chi connectivity index (χ4v) is 4.29. The van der Waals surface area contributed by atoms with Crippen LogP contribution in [0.5, 0.6) is 0 Å². The van der Waals surface area contributed by atoms with Crippen molar-refractivity contribution >= 4 is 54.8 Å². The van der Waals surface area contributed by atoms with Crippen molar-refractivity contribution < 1.29 is 4.39 Å². The quantitative estimate of drug-likeness (QED) is 0.540. The highest BCUT2D eigenvalue weighted by Crippen LogP contribution is 2.40. The molecule has 2 rings (SSSR count). The third kappa shape index (κ3) is 2.92. The van der Waals surface area contributed by atoms with Crippen LogP contribution in [-0.4, -0.2) is 0 Å². The number of benzene rings is 1. The second kappa shape index (κ2) is 5.39. The molecule has 0 aliphatic rings. The standard InChI is InChI=1S/C12H8Br2ClFS/c1-6-4-9(14)12(17-6)11(15)8-3-2-7(13)5-10(8)16/h2-5,11H,1H3. The van der Waals surface area contributed by atoms with E-state index in [2.05, 4.69) is 31.9 Å². The van der Waals surface area contributed by atoms with Crippen molar-refractivity contribution in [3.63, 3.8) is 0 Å². The SMILES string of the molecule is Cc1cc(Br)c(C(Cl)c2ccc(Br)cc2F)s1. The third-order valence-corrected chi connectivity index (χ3v) is 5.41. The number of aryl methyl sites for hydroxylation is 1. The first-order chi connectivity index (χ1) is 7.99. The van der Waals surface area contributed by atoms with Crippen molar-refractivity contribution in [2.45, 2.75) is 12.3 Å². The Morgan fingerprint density at radius 2 is 2.00 bits per heavy atom. The Kier molecular flexibility index (Phi) is 4.29. The number of halogens is 4. The Labute approximate surface area is 125 Å². The van der Waals surface area contributed by atoms with E-state index in [1.54, 1.807) is 23.5 Å². The van der Waals surface area contributed by atoms with Crippen molar-refractivity contribution in [1.82, 2.24) is 0 Å². The zero-order valence-electron chi connectivity index (χ0n) is 8.81. The first kappa shape index (κ1) is 13.5. The van der Waals surface area contributed by atoms with E-state index in [1.165, 1.54) is 6.07 Å². The summed E-state index contributed by atoms with van der Waals surface area (Å²) < 4.78 is 15.4. The monoisotopic (exact) mass is 396 g/mol. The van der Waals surface area contributed by atoms with Gasteiger partial charge in [-0.05, 0) is 41.1 Å². The lowest BCUT2D eigenvalue weighted by Crippen LogP contribution is -1.95. The molecular formula is C12H8Br2ClFS. The molecule has 1 unspecified atom stereocenters. The predicted molar refractivity (Wildman–Crippen MR) is 78.6 cm³/mol. The molecule has 5 heteroatoms. The highest BCUT2D eigenvalue weighted by Gasteiger charge is 2.19.